The van der Waals surface area contributed by atoms with Gasteiger partial charge in [-0.25, -0.2) is 9.37 Å². The molecule has 1 aromatic heterocycles. The van der Waals surface area contributed by atoms with E-state index < -0.39 is 11.9 Å². The van der Waals surface area contributed by atoms with E-state index in [1.54, 1.807) is 38.5 Å². The van der Waals surface area contributed by atoms with Gasteiger partial charge in [0.15, 0.2) is 11.6 Å². The molecular weight excluding hydrogens is 421 g/mol. The molecule has 8 nitrogen and oxygen atoms in total. The number of nitrogens with one attached hydrogen (secondary N) is 4. The monoisotopic (exact) mass is 447 g/mol. The van der Waals surface area contributed by atoms with E-state index in [-0.39, 0.29) is 29.5 Å². The topological polar surface area (TPSA) is 144 Å². The highest BCUT2D eigenvalue weighted by atomic mass is 19.1. The van der Waals surface area contributed by atoms with Gasteiger partial charge in [-0.3, -0.25) is 10.8 Å². The van der Waals surface area contributed by atoms with Crippen molar-refractivity contribution in [2.24, 2.45) is 0 Å². The van der Waals surface area contributed by atoms with E-state index in [0.717, 1.165) is 0 Å². The first-order valence-electron chi connectivity index (χ1n) is 10.4. The molecule has 1 aromatic carbocycles. The van der Waals surface area contributed by atoms with Gasteiger partial charge in [0.25, 0.3) is 0 Å². The average molecular weight is 448 g/mol. The van der Waals surface area contributed by atoms with Gasteiger partial charge in [-0.05, 0) is 37.6 Å². The predicted octanol–water partition coefficient (Wildman–Crippen LogP) is 3.68. The summed E-state index contributed by atoms with van der Waals surface area (Å²) in [6.07, 6.45) is 3.03. The SMILES string of the molecule is CC/C(C(=N)C#N)=C1/NC/C(=C/NC)C(=N)c2ccc(F)cc2[C@@H](C)Oc2cc1cnc2N. The van der Waals surface area contributed by atoms with Gasteiger partial charge in [-0.2, -0.15) is 5.26 Å². The van der Waals surface area contributed by atoms with Crippen LogP contribution in [0.3, 0.4) is 0 Å². The number of fused-ring (bicyclic) bond motifs is 3. The number of ether oxygens (including phenoxy) is 1. The van der Waals surface area contributed by atoms with Crippen LogP contribution in [0.1, 0.15) is 43.1 Å². The number of pyridine rings is 1. The lowest BCUT2D eigenvalue weighted by Crippen LogP contribution is -2.25. The molecule has 2 bridgehead atoms. The van der Waals surface area contributed by atoms with E-state index in [4.69, 9.17) is 21.3 Å². The van der Waals surface area contributed by atoms with Crippen LogP contribution in [0, 0.1) is 28.0 Å². The number of hydrogen-bond donors (Lipinski definition) is 5. The summed E-state index contributed by atoms with van der Waals surface area (Å²) in [5.74, 6) is -0.000187. The van der Waals surface area contributed by atoms with Crippen LogP contribution in [-0.4, -0.2) is 30.0 Å². The van der Waals surface area contributed by atoms with E-state index in [1.165, 1.54) is 12.1 Å². The number of nitrogens with two attached hydrogens (primary N) is 1. The van der Waals surface area contributed by atoms with Gasteiger partial charge < -0.3 is 21.1 Å². The van der Waals surface area contributed by atoms with Gasteiger partial charge in [-0.1, -0.05) is 6.92 Å². The molecule has 0 radical (unpaired) electrons. The summed E-state index contributed by atoms with van der Waals surface area (Å²) in [7, 11) is 1.73. The van der Waals surface area contributed by atoms with Crippen LogP contribution in [0.25, 0.3) is 5.70 Å². The molecular formula is C24H26FN7O. The van der Waals surface area contributed by atoms with Crippen molar-refractivity contribution >= 4 is 22.9 Å². The summed E-state index contributed by atoms with van der Waals surface area (Å²) in [5.41, 5.74) is 9.29. The predicted molar refractivity (Wildman–Crippen MR) is 127 cm³/mol. The Balaban J connectivity index is 2.28. The molecule has 0 spiro atoms. The fourth-order valence-electron chi connectivity index (χ4n) is 3.71. The number of allylic oxidation sites excluding steroid dienone is 1. The second-order valence-corrected chi connectivity index (χ2v) is 7.48. The zero-order valence-corrected chi connectivity index (χ0v) is 18.7. The minimum Gasteiger partial charge on any atom is -0.482 e. The van der Waals surface area contributed by atoms with Crippen LogP contribution in [-0.2, 0) is 0 Å². The van der Waals surface area contributed by atoms with E-state index in [2.05, 4.69) is 15.6 Å². The molecule has 170 valence electrons. The van der Waals surface area contributed by atoms with Crippen molar-refractivity contribution in [1.82, 2.24) is 15.6 Å². The Labute approximate surface area is 192 Å². The third kappa shape index (κ3) is 4.85. The summed E-state index contributed by atoms with van der Waals surface area (Å²) in [6.45, 7) is 3.82. The molecule has 9 heteroatoms. The lowest BCUT2D eigenvalue weighted by molar-refractivity contribution is 0.227. The number of aromatic nitrogens is 1. The maximum absolute atomic E-state index is 14.1. The molecule has 0 saturated heterocycles. The largest absolute Gasteiger partial charge is 0.482 e. The average Bonchev–Trinajstić information content (AvgIpc) is 2.80. The maximum Gasteiger partial charge on any atom is 0.166 e. The van der Waals surface area contributed by atoms with Crippen LogP contribution in [0.2, 0.25) is 0 Å². The summed E-state index contributed by atoms with van der Waals surface area (Å²) in [6, 6.07) is 7.80. The first-order chi connectivity index (χ1) is 15.8. The Morgan fingerprint density at radius 2 is 2.21 bits per heavy atom. The molecule has 33 heavy (non-hydrogen) atoms. The lowest BCUT2D eigenvalue weighted by Gasteiger charge is -2.24. The molecule has 0 unspecified atom stereocenters. The number of halogens is 1. The van der Waals surface area contributed by atoms with Crippen molar-refractivity contribution in [3.63, 3.8) is 0 Å². The third-order valence-corrected chi connectivity index (χ3v) is 5.36. The highest BCUT2D eigenvalue weighted by molar-refractivity contribution is 6.14. The minimum atomic E-state index is -0.630. The summed E-state index contributed by atoms with van der Waals surface area (Å²) in [5, 5.41) is 32.6. The second-order valence-electron chi connectivity index (χ2n) is 7.48. The number of hydrogen-bond acceptors (Lipinski definition) is 8. The minimum absolute atomic E-state index is 0.152. The molecule has 3 rings (SSSR count). The molecule has 2 aromatic rings. The molecule has 1 aliphatic rings. The Bertz CT molecular complexity index is 1210. The first-order valence-corrected chi connectivity index (χ1v) is 10.4. The Morgan fingerprint density at radius 1 is 1.45 bits per heavy atom. The molecule has 0 saturated carbocycles. The van der Waals surface area contributed by atoms with Crippen molar-refractivity contribution in [1.29, 1.82) is 16.1 Å². The van der Waals surface area contributed by atoms with Gasteiger partial charge in [0.05, 0.1) is 5.71 Å². The first kappa shape index (κ1) is 23.5. The van der Waals surface area contributed by atoms with E-state index >= 15 is 0 Å². The quantitative estimate of drug-likeness (QED) is 0.454. The zero-order chi connectivity index (χ0) is 24.1. The van der Waals surface area contributed by atoms with Gasteiger partial charge in [0.1, 0.15) is 23.7 Å². The molecule has 1 aliphatic heterocycles. The van der Waals surface area contributed by atoms with Crippen molar-refractivity contribution in [2.45, 2.75) is 26.4 Å². The van der Waals surface area contributed by atoms with Crippen molar-refractivity contribution in [3.8, 4) is 11.8 Å². The van der Waals surface area contributed by atoms with Crippen LogP contribution in [0.5, 0.6) is 5.75 Å². The highest BCUT2D eigenvalue weighted by Gasteiger charge is 2.23. The van der Waals surface area contributed by atoms with Gasteiger partial charge in [0, 0.05) is 59.5 Å². The number of nitrogen functional groups attached to an aromatic ring is 1. The smallest absolute Gasteiger partial charge is 0.166 e. The summed E-state index contributed by atoms with van der Waals surface area (Å²) >= 11 is 0. The second kappa shape index (κ2) is 9.96. The van der Waals surface area contributed by atoms with Crippen molar-refractivity contribution < 1.29 is 9.13 Å². The van der Waals surface area contributed by atoms with Crippen LogP contribution >= 0.6 is 0 Å². The number of rotatable bonds is 3. The Hall–Kier alpha value is -4.19. The number of nitrogens with zero attached hydrogens (tertiary/aromatic N) is 2. The van der Waals surface area contributed by atoms with Gasteiger partial charge in [-0.15, -0.1) is 0 Å². The molecule has 0 aliphatic carbocycles. The maximum atomic E-state index is 14.1. The van der Waals surface area contributed by atoms with E-state index in [9.17, 15) is 9.65 Å². The third-order valence-electron chi connectivity index (χ3n) is 5.36. The molecule has 2 heterocycles. The Morgan fingerprint density at radius 3 is 2.88 bits per heavy atom. The highest BCUT2D eigenvalue weighted by Crippen LogP contribution is 2.32. The van der Waals surface area contributed by atoms with Gasteiger partial charge >= 0.3 is 0 Å². The van der Waals surface area contributed by atoms with E-state index in [0.29, 0.717) is 40.0 Å². The van der Waals surface area contributed by atoms with Crippen molar-refractivity contribution in [2.75, 3.05) is 19.3 Å². The normalized spacial score (nSPS) is 18.6. The summed E-state index contributed by atoms with van der Waals surface area (Å²) < 4.78 is 20.2. The molecule has 0 amide bonds. The summed E-state index contributed by atoms with van der Waals surface area (Å²) in [4.78, 5) is 4.24. The van der Waals surface area contributed by atoms with E-state index in [1.807, 2.05) is 13.0 Å². The standard InChI is InChI=1S/C24H26FN7O/c1-4-17(20(27)9-26)23-14-7-21(24(29)32-11-14)33-13(2)19-8-16(25)5-6-18(19)22(28)15(10-30-3)12-31-23/h5-8,10-11,13,27-28,30-31H,4,12H2,1-3H3,(H2,29,32)/b15-10-,23-17-,27-20?,28-22?/t13-/m1/s1. The van der Waals surface area contributed by atoms with Crippen LogP contribution in [0.4, 0.5) is 10.2 Å². The fraction of sp³-hybridized carbons (Fsp3) is 0.250. The molecule has 1 atom stereocenters. The van der Waals surface area contributed by atoms with Gasteiger partial charge in [0.2, 0.25) is 0 Å². The zero-order valence-electron chi connectivity index (χ0n) is 18.7. The number of nitriles is 1. The lowest BCUT2D eigenvalue weighted by atomic mass is 9.94. The fourth-order valence-corrected chi connectivity index (χ4v) is 3.71. The molecule has 0 fully saturated rings. The number of benzene rings is 1. The molecule has 6 N–H and O–H groups in total. The van der Waals surface area contributed by atoms with Crippen LogP contribution in [0.15, 0.2) is 47.8 Å². The van der Waals surface area contributed by atoms with Crippen molar-refractivity contribution in [3.05, 3.63) is 70.3 Å². The Kier molecular flexibility index (Phi) is 7.08. The van der Waals surface area contributed by atoms with Crippen LogP contribution < -0.4 is 21.1 Å². The number of anilines is 1.